The normalized spacial score (nSPS) is 14.1. The van der Waals surface area contributed by atoms with Crippen molar-refractivity contribution in [1.29, 1.82) is 0 Å². The van der Waals surface area contributed by atoms with Crippen LogP contribution in [0.4, 0.5) is 13.2 Å². The van der Waals surface area contributed by atoms with Crippen molar-refractivity contribution in [3.05, 3.63) is 162 Å². The number of phenols is 4. The molecule has 0 bridgehead atoms. The highest BCUT2D eigenvalue weighted by Gasteiger charge is 2.53. The molecule has 0 radical (unpaired) electrons. The number of halogens is 3. The van der Waals surface area contributed by atoms with E-state index in [-0.39, 0.29) is 37.7 Å². The third kappa shape index (κ3) is 5.15. The van der Waals surface area contributed by atoms with E-state index in [1.807, 2.05) is 24.3 Å². The lowest BCUT2D eigenvalue weighted by Crippen LogP contribution is -2.29. The van der Waals surface area contributed by atoms with Gasteiger partial charge in [0.05, 0.1) is 5.41 Å². The van der Waals surface area contributed by atoms with E-state index in [1.165, 1.54) is 78.9 Å². The minimum atomic E-state index is -6.27. The zero-order valence-corrected chi connectivity index (χ0v) is 27.4. The monoisotopic (exact) mass is 716 g/mol. The molecule has 6 aromatic rings. The number of benzene rings is 6. The lowest BCUT2D eigenvalue weighted by atomic mass is 9.67. The van der Waals surface area contributed by atoms with Crippen molar-refractivity contribution in [2.45, 2.75) is 25.6 Å². The molecule has 0 fully saturated rings. The topological polar surface area (TPSA) is 124 Å². The lowest BCUT2D eigenvalue weighted by molar-refractivity contribution is -0.0496. The minimum absolute atomic E-state index is 0.00346. The van der Waals surface area contributed by atoms with Gasteiger partial charge in [0.1, 0.15) is 23.0 Å². The number of hydrogen-bond acceptors (Lipinski definition) is 7. The maximum Gasteiger partial charge on any atom is 0.524 e. The Kier molecular flexibility index (Phi) is 7.85. The van der Waals surface area contributed by atoms with Crippen molar-refractivity contribution in [2.24, 2.45) is 0 Å². The fourth-order valence-electron chi connectivity index (χ4n) is 6.62. The van der Waals surface area contributed by atoms with E-state index >= 15 is 0 Å². The van der Waals surface area contributed by atoms with E-state index in [2.05, 4.69) is 0 Å². The average Bonchev–Trinajstić information content (AvgIpc) is 3.39. The molecule has 50 heavy (non-hydrogen) atoms. The highest BCUT2D eigenvalue weighted by molar-refractivity contribution is 8.33. The second-order valence-electron chi connectivity index (χ2n) is 11.6. The summed E-state index contributed by atoms with van der Waals surface area (Å²) in [5.41, 5.74) is -2.78. The second-order valence-corrected chi connectivity index (χ2v) is 16.1. The fraction of sp³-hybridized carbons (Fsp3) is 0.0526. The molecule has 12 heteroatoms. The van der Waals surface area contributed by atoms with Crippen LogP contribution < -0.4 is 0 Å². The number of rotatable bonds is 7. The molecule has 4 N–H and O–H groups in total. The van der Waals surface area contributed by atoms with Gasteiger partial charge in [-0.05, 0) is 129 Å². The molecule has 254 valence electrons. The Labute approximate surface area is 286 Å². The molecule has 0 amide bonds. The van der Waals surface area contributed by atoms with Crippen LogP contribution in [0.15, 0.2) is 154 Å². The summed E-state index contributed by atoms with van der Waals surface area (Å²) in [7, 11) is -10.1. The second kappa shape index (κ2) is 11.9. The summed E-state index contributed by atoms with van der Waals surface area (Å²) in [6.07, 6.45) is 0. The van der Waals surface area contributed by atoms with Crippen molar-refractivity contribution in [3.63, 3.8) is 0 Å². The number of alkyl halides is 3. The summed E-state index contributed by atoms with van der Waals surface area (Å²) in [5, 5.41) is 40.8. The van der Waals surface area contributed by atoms with Gasteiger partial charge in [-0.1, -0.05) is 54.6 Å². The predicted molar refractivity (Wildman–Crippen MR) is 182 cm³/mol. The van der Waals surface area contributed by atoms with Gasteiger partial charge in [0.15, 0.2) is 0 Å². The third-order valence-corrected chi connectivity index (χ3v) is 13.7. The molecule has 0 saturated heterocycles. The van der Waals surface area contributed by atoms with Crippen LogP contribution in [0, 0.1) is 0 Å². The van der Waals surface area contributed by atoms with Crippen molar-refractivity contribution in [3.8, 4) is 34.1 Å². The van der Waals surface area contributed by atoms with Crippen LogP contribution in [0.25, 0.3) is 11.1 Å². The minimum Gasteiger partial charge on any atom is -0.508 e. The van der Waals surface area contributed by atoms with Gasteiger partial charge in [0.2, 0.25) is 0 Å². The van der Waals surface area contributed by atoms with Crippen LogP contribution >= 0.6 is 10.3 Å². The van der Waals surface area contributed by atoms with Crippen molar-refractivity contribution >= 4 is 20.4 Å². The standard InChI is InChI=1S/C38H27F3O7S2/c39-38(40,41)50(46,47)48-49(30-17-13-28(44)14-18-30,31-19-15-29(45)16-20-31)32-21-22-34-33-3-1-2-4-35(33)37(36(34)23-32,24-5-9-26(42)10-6-24)25-7-11-27(43)12-8-25/h1-23,42-45H. The van der Waals surface area contributed by atoms with Crippen molar-refractivity contribution in [2.75, 3.05) is 0 Å². The van der Waals surface area contributed by atoms with Crippen LogP contribution in [-0.2, 0) is 19.2 Å². The number of hydrogen-bond donors (Lipinski definition) is 4. The highest BCUT2D eigenvalue weighted by Crippen LogP contribution is 2.72. The highest BCUT2D eigenvalue weighted by atomic mass is 32.3. The first-order valence-electron chi connectivity index (χ1n) is 15.0. The molecule has 0 aliphatic heterocycles. The quantitative estimate of drug-likeness (QED) is 0.122. The van der Waals surface area contributed by atoms with Gasteiger partial charge in [-0.2, -0.15) is 25.2 Å². The first-order valence-corrected chi connectivity index (χ1v) is 18.0. The van der Waals surface area contributed by atoms with Gasteiger partial charge in [-0.15, -0.1) is 0 Å². The average molecular weight is 717 g/mol. The van der Waals surface area contributed by atoms with Gasteiger partial charge >= 0.3 is 15.6 Å². The zero-order valence-electron chi connectivity index (χ0n) is 25.7. The summed E-state index contributed by atoms with van der Waals surface area (Å²) in [6.45, 7) is 0. The third-order valence-electron chi connectivity index (χ3n) is 8.76. The zero-order chi connectivity index (χ0) is 35.5. The van der Waals surface area contributed by atoms with Gasteiger partial charge in [-0.3, -0.25) is 0 Å². The van der Waals surface area contributed by atoms with Gasteiger partial charge in [-0.25, -0.2) is 0 Å². The molecule has 6 aromatic carbocycles. The van der Waals surface area contributed by atoms with Crippen LogP contribution in [0.3, 0.4) is 0 Å². The lowest BCUT2D eigenvalue weighted by Gasteiger charge is -2.40. The molecule has 1 aliphatic carbocycles. The molecule has 7 nitrogen and oxygen atoms in total. The molecule has 0 saturated carbocycles. The molecule has 0 atom stereocenters. The molecule has 7 rings (SSSR count). The van der Waals surface area contributed by atoms with Crippen LogP contribution in [-0.4, -0.2) is 34.4 Å². The first-order chi connectivity index (χ1) is 23.8. The first kappa shape index (κ1) is 33.1. The SMILES string of the molecule is O=S(=O)(OS(c1ccc(O)cc1)(c1ccc(O)cc1)c1ccc2c(c1)C(c1ccc(O)cc1)(c1ccc(O)cc1)c1ccccc1-2)C(F)(F)F. The summed E-state index contributed by atoms with van der Waals surface area (Å²) in [4.78, 5) is 0.100. The van der Waals surface area contributed by atoms with E-state index < -0.39 is 31.4 Å². The Hall–Kier alpha value is -5.43. The summed E-state index contributed by atoms with van der Waals surface area (Å²) < 4.78 is 74.4. The Balaban J connectivity index is 1.63. The smallest absolute Gasteiger partial charge is 0.508 e. The van der Waals surface area contributed by atoms with Gasteiger partial charge in [0, 0.05) is 14.7 Å². The molecule has 0 heterocycles. The molecule has 0 aromatic heterocycles. The largest absolute Gasteiger partial charge is 0.524 e. The van der Waals surface area contributed by atoms with E-state index in [1.54, 1.807) is 36.4 Å². The summed E-state index contributed by atoms with van der Waals surface area (Å²) >= 11 is 0. The van der Waals surface area contributed by atoms with Crippen molar-refractivity contribution in [1.82, 2.24) is 0 Å². The number of fused-ring (bicyclic) bond motifs is 3. The molecule has 0 unspecified atom stereocenters. The van der Waals surface area contributed by atoms with Crippen LogP contribution in [0.2, 0.25) is 0 Å². The summed E-state index contributed by atoms with van der Waals surface area (Å²) in [5.74, 6) is -0.420. The number of aromatic hydroxyl groups is 4. The maximum absolute atomic E-state index is 14.2. The van der Waals surface area contributed by atoms with E-state index in [0.29, 0.717) is 22.3 Å². The number of phenolic OH excluding ortho intramolecular Hbond substituents is 4. The van der Waals surface area contributed by atoms with Crippen LogP contribution in [0.5, 0.6) is 23.0 Å². The predicted octanol–water partition coefficient (Wildman–Crippen LogP) is 8.94. The van der Waals surface area contributed by atoms with Crippen molar-refractivity contribution < 1.29 is 45.6 Å². The Morgan fingerprint density at radius 2 is 0.900 bits per heavy atom. The molecule has 0 spiro atoms. The van der Waals surface area contributed by atoms with E-state index in [0.717, 1.165) is 11.1 Å². The van der Waals surface area contributed by atoms with Gasteiger partial charge in [0.25, 0.3) is 0 Å². The maximum atomic E-state index is 14.2. The van der Waals surface area contributed by atoms with Gasteiger partial charge < -0.3 is 20.4 Å². The Morgan fingerprint density at radius 1 is 0.500 bits per heavy atom. The Morgan fingerprint density at radius 3 is 1.36 bits per heavy atom. The van der Waals surface area contributed by atoms with E-state index in [9.17, 15) is 42.0 Å². The molecule has 1 aliphatic rings. The molecular weight excluding hydrogens is 690 g/mol. The van der Waals surface area contributed by atoms with Crippen LogP contribution in [0.1, 0.15) is 22.3 Å². The Bertz CT molecular complexity index is 2230. The van der Waals surface area contributed by atoms with E-state index in [4.69, 9.17) is 3.63 Å². The molecular formula is C38H27F3O7S2. The fourth-order valence-corrected chi connectivity index (χ4v) is 11.3. The summed E-state index contributed by atoms with van der Waals surface area (Å²) in [6, 6.07) is 35.5.